The van der Waals surface area contributed by atoms with Gasteiger partial charge in [-0.1, -0.05) is 38.5 Å². The van der Waals surface area contributed by atoms with Gasteiger partial charge in [-0.2, -0.15) is 0 Å². The molecule has 1 aromatic carbocycles. The lowest BCUT2D eigenvalue weighted by Crippen LogP contribution is -2.53. The lowest BCUT2D eigenvalue weighted by atomic mass is 10.0. The maximum atomic E-state index is 13.5. The second kappa shape index (κ2) is 10.7. The van der Waals surface area contributed by atoms with Crippen molar-refractivity contribution in [1.29, 1.82) is 0 Å². The van der Waals surface area contributed by atoms with Crippen molar-refractivity contribution in [3.63, 3.8) is 0 Å². The van der Waals surface area contributed by atoms with E-state index in [4.69, 9.17) is 4.74 Å². The number of phenols is 1. The standard InChI is InChI=1S/C24H37N3O5/c1-7-8-13-25-21(29)20(17-11-9-10-12-19(17)28)27(18-14-15(18)2)22(30)16(3)26-23(31)32-24(4,5)6/h9-12,15-16,18,20,28H,7-8,13-14H2,1-6H3,(H,25,29)(H,26,31). The van der Waals surface area contributed by atoms with E-state index in [-0.39, 0.29) is 23.6 Å². The van der Waals surface area contributed by atoms with Gasteiger partial charge in [0, 0.05) is 18.2 Å². The summed E-state index contributed by atoms with van der Waals surface area (Å²) in [6.45, 7) is 11.3. The molecule has 0 heterocycles. The molecule has 1 aliphatic rings. The molecule has 8 nitrogen and oxygen atoms in total. The molecule has 32 heavy (non-hydrogen) atoms. The number of phenolic OH excluding ortho intramolecular Hbond substituents is 1. The highest BCUT2D eigenvalue weighted by molar-refractivity contribution is 5.92. The van der Waals surface area contributed by atoms with E-state index in [1.54, 1.807) is 45.9 Å². The van der Waals surface area contributed by atoms with Crippen LogP contribution in [0.4, 0.5) is 4.79 Å². The summed E-state index contributed by atoms with van der Waals surface area (Å²) in [6.07, 6.45) is 1.77. The van der Waals surface area contributed by atoms with Crippen LogP contribution in [-0.4, -0.2) is 52.1 Å². The molecule has 178 valence electrons. The van der Waals surface area contributed by atoms with Gasteiger partial charge in [0.15, 0.2) is 0 Å². The zero-order chi connectivity index (χ0) is 24.1. The maximum Gasteiger partial charge on any atom is 0.408 e. The Balaban J connectivity index is 2.34. The Labute approximate surface area is 190 Å². The van der Waals surface area contributed by atoms with Gasteiger partial charge in [-0.25, -0.2) is 4.79 Å². The number of unbranched alkanes of at least 4 members (excludes halogenated alkanes) is 1. The van der Waals surface area contributed by atoms with Gasteiger partial charge in [0.25, 0.3) is 0 Å². The number of nitrogens with one attached hydrogen (secondary N) is 2. The average Bonchev–Trinajstić information content (AvgIpc) is 3.40. The number of hydrogen-bond donors (Lipinski definition) is 3. The number of carbonyl (C=O) groups is 3. The molecule has 3 N–H and O–H groups in total. The molecule has 4 unspecified atom stereocenters. The summed E-state index contributed by atoms with van der Waals surface area (Å²) in [5, 5.41) is 16.0. The molecule has 1 aromatic rings. The summed E-state index contributed by atoms with van der Waals surface area (Å²) in [5.41, 5.74) is -0.340. The molecule has 1 aliphatic carbocycles. The Morgan fingerprint density at radius 3 is 2.41 bits per heavy atom. The number of carbonyl (C=O) groups excluding carboxylic acids is 3. The SMILES string of the molecule is CCCCNC(=O)C(c1ccccc1O)N(C(=O)C(C)NC(=O)OC(C)(C)C)C1CC1C. The number of aromatic hydroxyl groups is 1. The fraction of sp³-hybridized carbons (Fsp3) is 0.625. The minimum Gasteiger partial charge on any atom is -0.508 e. The van der Waals surface area contributed by atoms with Gasteiger partial charge in [-0.3, -0.25) is 9.59 Å². The third-order valence-electron chi connectivity index (χ3n) is 5.37. The van der Waals surface area contributed by atoms with E-state index in [0.29, 0.717) is 12.1 Å². The Hall–Kier alpha value is -2.77. The number of para-hydroxylation sites is 1. The number of hydrogen-bond acceptors (Lipinski definition) is 5. The van der Waals surface area contributed by atoms with Crippen molar-refractivity contribution >= 4 is 17.9 Å². The molecule has 0 spiro atoms. The molecule has 8 heteroatoms. The van der Waals surface area contributed by atoms with Crippen molar-refractivity contribution in [2.24, 2.45) is 5.92 Å². The summed E-state index contributed by atoms with van der Waals surface area (Å²) in [6, 6.07) is 4.48. The van der Waals surface area contributed by atoms with Gasteiger partial charge in [0.05, 0.1) is 0 Å². The van der Waals surface area contributed by atoms with Crippen LogP contribution < -0.4 is 10.6 Å². The number of benzene rings is 1. The highest BCUT2D eigenvalue weighted by Crippen LogP contribution is 2.42. The fourth-order valence-electron chi connectivity index (χ4n) is 3.56. The topological polar surface area (TPSA) is 108 Å². The molecule has 2 rings (SSSR count). The minimum absolute atomic E-state index is 0.0537. The minimum atomic E-state index is -1.00. The average molecular weight is 448 g/mol. The number of rotatable bonds is 9. The lowest BCUT2D eigenvalue weighted by Gasteiger charge is -2.34. The van der Waals surface area contributed by atoms with E-state index in [9.17, 15) is 19.5 Å². The van der Waals surface area contributed by atoms with Crippen molar-refractivity contribution in [2.75, 3.05) is 6.54 Å². The number of alkyl carbamates (subject to hydrolysis) is 1. The second-order valence-corrected chi connectivity index (χ2v) is 9.50. The monoisotopic (exact) mass is 447 g/mol. The van der Waals surface area contributed by atoms with Crippen LogP contribution in [0.5, 0.6) is 5.75 Å². The predicted octanol–water partition coefficient (Wildman–Crippen LogP) is 3.50. The number of ether oxygens (including phenoxy) is 1. The van der Waals surface area contributed by atoms with Gasteiger partial charge in [0.2, 0.25) is 11.8 Å². The van der Waals surface area contributed by atoms with Crippen LogP contribution in [0.3, 0.4) is 0 Å². The molecule has 0 saturated heterocycles. The lowest BCUT2D eigenvalue weighted by molar-refractivity contribution is -0.143. The van der Waals surface area contributed by atoms with Crippen LogP contribution >= 0.6 is 0 Å². The Kier molecular flexibility index (Phi) is 8.52. The summed E-state index contributed by atoms with van der Waals surface area (Å²) < 4.78 is 5.27. The summed E-state index contributed by atoms with van der Waals surface area (Å²) in [5.74, 6) is -0.590. The number of amides is 3. The van der Waals surface area contributed by atoms with Gasteiger partial charge in [-0.15, -0.1) is 0 Å². The Bertz CT molecular complexity index is 820. The molecule has 0 aliphatic heterocycles. The first-order valence-electron chi connectivity index (χ1n) is 11.3. The van der Waals surface area contributed by atoms with E-state index >= 15 is 0 Å². The Morgan fingerprint density at radius 1 is 1.25 bits per heavy atom. The summed E-state index contributed by atoms with van der Waals surface area (Å²) in [4.78, 5) is 40.5. The third-order valence-corrected chi connectivity index (χ3v) is 5.37. The van der Waals surface area contributed by atoms with Gasteiger partial charge >= 0.3 is 6.09 Å². The normalized spacial score (nSPS) is 19.4. The van der Waals surface area contributed by atoms with E-state index in [1.807, 2.05) is 13.8 Å². The van der Waals surface area contributed by atoms with Crippen LogP contribution in [0.1, 0.15) is 72.4 Å². The molecular weight excluding hydrogens is 410 g/mol. The number of nitrogens with zero attached hydrogens (tertiary/aromatic N) is 1. The van der Waals surface area contributed by atoms with Crippen molar-refractivity contribution in [3.8, 4) is 5.75 Å². The van der Waals surface area contributed by atoms with Crippen LogP contribution in [0, 0.1) is 5.92 Å². The van der Waals surface area contributed by atoms with Gasteiger partial charge < -0.3 is 25.4 Å². The molecule has 3 amide bonds. The zero-order valence-corrected chi connectivity index (χ0v) is 20.0. The van der Waals surface area contributed by atoms with Crippen molar-refractivity contribution < 1.29 is 24.2 Å². The van der Waals surface area contributed by atoms with Crippen LogP contribution in [0.2, 0.25) is 0 Å². The summed E-state index contributed by atoms with van der Waals surface area (Å²) >= 11 is 0. The van der Waals surface area contributed by atoms with Gasteiger partial charge in [-0.05, 0) is 52.5 Å². The smallest absolute Gasteiger partial charge is 0.408 e. The quantitative estimate of drug-likeness (QED) is 0.502. The van der Waals surface area contributed by atoms with Crippen molar-refractivity contribution in [3.05, 3.63) is 29.8 Å². The first kappa shape index (κ1) is 25.5. The maximum absolute atomic E-state index is 13.5. The molecule has 1 saturated carbocycles. The molecule has 0 bridgehead atoms. The molecule has 0 radical (unpaired) electrons. The van der Waals surface area contributed by atoms with Crippen LogP contribution in [-0.2, 0) is 14.3 Å². The first-order chi connectivity index (χ1) is 15.0. The molecule has 4 atom stereocenters. The predicted molar refractivity (Wildman–Crippen MR) is 122 cm³/mol. The molecule has 1 fully saturated rings. The summed E-state index contributed by atoms with van der Waals surface area (Å²) in [7, 11) is 0. The largest absolute Gasteiger partial charge is 0.508 e. The van der Waals surface area contributed by atoms with Crippen molar-refractivity contribution in [1.82, 2.24) is 15.5 Å². The first-order valence-corrected chi connectivity index (χ1v) is 11.3. The fourth-order valence-corrected chi connectivity index (χ4v) is 3.56. The van der Waals surface area contributed by atoms with E-state index in [1.165, 1.54) is 11.0 Å². The van der Waals surface area contributed by atoms with E-state index < -0.39 is 29.7 Å². The highest BCUT2D eigenvalue weighted by Gasteiger charge is 2.48. The van der Waals surface area contributed by atoms with E-state index in [0.717, 1.165) is 19.3 Å². The van der Waals surface area contributed by atoms with Crippen LogP contribution in [0.15, 0.2) is 24.3 Å². The zero-order valence-electron chi connectivity index (χ0n) is 20.0. The third kappa shape index (κ3) is 6.87. The molecular formula is C24H37N3O5. The van der Waals surface area contributed by atoms with Gasteiger partial charge in [0.1, 0.15) is 23.4 Å². The highest BCUT2D eigenvalue weighted by atomic mass is 16.6. The second-order valence-electron chi connectivity index (χ2n) is 9.50. The van der Waals surface area contributed by atoms with Crippen LogP contribution in [0.25, 0.3) is 0 Å². The van der Waals surface area contributed by atoms with Crippen molar-refractivity contribution in [2.45, 2.75) is 84.5 Å². The molecule has 0 aromatic heterocycles. The van der Waals surface area contributed by atoms with E-state index in [2.05, 4.69) is 10.6 Å². The Morgan fingerprint density at radius 2 is 1.88 bits per heavy atom.